The number of rotatable bonds is 5. The van der Waals surface area contributed by atoms with Gasteiger partial charge in [-0.3, -0.25) is 4.98 Å². The van der Waals surface area contributed by atoms with Crippen LogP contribution < -0.4 is 10.6 Å². The van der Waals surface area contributed by atoms with Crippen molar-refractivity contribution in [1.82, 2.24) is 14.9 Å². The van der Waals surface area contributed by atoms with Gasteiger partial charge in [0.2, 0.25) is 0 Å². The Morgan fingerprint density at radius 3 is 2.78 bits per heavy atom. The Morgan fingerprint density at radius 2 is 2.00 bits per heavy atom. The Kier molecular flexibility index (Phi) is 4.57. The van der Waals surface area contributed by atoms with Gasteiger partial charge in [0.25, 0.3) is 0 Å². The van der Waals surface area contributed by atoms with E-state index in [1.807, 2.05) is 30.3 Å². The van der Waals surface area contributed by atoms with E-state index >= 15 is 0 Å². The van der Waals surface area contributed by atoms with Gasteiger partial charge in [0.1, 0.15) is 0 Å². The second-order valence-corrected chi connectivity index (χ2v) is 5.36. The highest BCUT2D eigenvalue weighted by molar-refractivity contribution is 5.92. The summed E-state index contributed by atoms with van der Waals surface area (Å²) in [5.41, 5.74) is 3.08. The molecule has 0 aliphatic carbocycles. The van der Waals surface area contributed by atoms with Gasteiger partial charge in [-0.1, -0.05) is 6.07 Å². The van der Waals surface area contributed by atoms with Gasteiger partial charge in [-0.2, -0.15) is 0 Å². The average molecular weight is 308 g/mol. The highest BCUT2D eigenvalue weighted by atomic mass is 16.2. The summed E-state index contributed by atoms with van der Waals surface area (Å²) in [4.78, 5) is 16.0. The molecule has 2 N–H and O–H groups in total. The van der Waals surface area contributed by atoms with Crippen molar-refractivity contribution in [2.75, 3.05) is 11.9 Å². The molecule has 1 aromatic carbocycles. The first-order chi connectivity index (χ1) is 11.3. The van der Waals surface area contributed by atoms with Crippen LogP contribution in [0.5, 0.6) is 0 Å². The van der Waals surface area contributed by atoms with Crippen molar-refractivity contribution in [2.45, 2.75) is 19.9 Å². The number of benzene rings is 1. The lowest BCUT2D eigenvalue weighted by atomic mass is 10.2. The van der Waals surface area contributed by atoms with Crippen LogP contribution in [0.4, 0.5) is 10.5 Å². The summed E-state index contributed by atoms with van der Waals surface area (Å²) in [6.07, 6.45) is 6.36. The molecule has 0 aliphatic rings. The van der Waals surface area contributed by atoms with Crippen LogP contribution in [0.2, 0.25) is 0 Å². The molecule has 0 saturated heterocycles. The first-order valence-corrected chi connectivity index (χ1v) is 7.79. The summed E-state index contributed by atoms with van der Waals surface area (Å²) < 4.78 is 2.15. The number of carbonyl (C=O) groups excluding carboxylic acids is 1. The molecule has 2 heterocycles. The lowest BCUT2D eigenvalue weighted by Gasteiger charge is -2.09. The fourth-order valence-electron chi connectivity index (χ4n) is 2.58. The third-order valence-electron chi connectivity index (χ3n) is 3.82. The van der Waals surface area contributed by atoms with Crippen LogP contribution >= 0.6 is 0 Å². The quantitative estimate of drug-likeness (QED) is 0.758. The van der Waals surface area contributed by atoms with Crippen LogP contribution in [-0.4, -0.2) is 22.1 Å². The zero-order valence-electron chi connectivity index (χ0n) is 13.1. The fourth-order valence-corrected chi connectivity index (χ4v) is 2.58. The monoisotopic (exact) mass is 308 g/mol. The van der Waals surface area contributed by atoms with Crippen LogP contribution in [0.1, 0.15) is 12.5 Å². The Bertz CT molecular complexity index is 795. The number of aromatic nitrogens is 2. The highest BCUT2D eigenvalue weighted by Gasteiger charge is 2.04. The predicted octanol–water partition coefficient (Wildman–Crippen LogP) is 3.42. The molecule has 23 heavy (non-hydrogen) atoms. The van der Waals surface area contributed by atoms with Crippen molar-refractivity contribution in [3.8, 4) is 0 Å². The third kappa shape index (κ3) is 3.69. The highest BCUT2D eigenvalue weighted by Crippen LogP contribution is 2.20. The first-order valence-electron chi connectivity index (χ1n) is 7.79. The van der Waals surface area contributed by atoms with Crippen LogP contribution in [0.3, 0.4) is 0 Å². The second kappa shape index (κ2) is 6.96. The van der Waals surface area contributed by atoms with E-state index < -0.39 is 0 Å². The summed E-state index contributed by atoms with van der Waals surface area (Å²) in [6.45, 7) is 3.60. The van der Waals surface area contributed by atoms with Crippen LogP contribution in [0, 0.1) is 0 Å². The zero-order valence-corrected chi connectivity index (χ0v) is 13.1. The van der Waals surface area contributed by atoms with E-state index in [1.165, 1.54) is 5.39 Å². The topological polar surface area (TPSA) is 59.0 Å². The van der Waals surface area contributed by atoms with E-state index in [1.54, 1.807) is 12.4 Å². The number of nitrogens with one attached hydrogen (secondary N) is 2. The number of anilines is 1. The summed E-state index contributed by atoms with van der Waals surface area (Å²) >= 11 is 0. The van der Waals surface area contributed by atoms with Crippen molar-refractivity contribution in [1.29, 1.82) is 0 Å². The molecule has 0 unspecified atom stereocenters. The maximum atomic E-state index is 12.0. The third-order valence-corrected chi connectivity index (χ3v) is 3.82. The fraction of sp³-hybridized carbons (Fsp3) is 0.222. The molecule has 0 radical (unpaired) electrons. The maximum Gasteiger partial charge on any atom is 0.319 e. The van der Waals surface area contributed by atoms with Gasteiger partial charge in [-0.25, -0.2) is 4.79 Å². The molecule has 0 atom stereocenters. The van der Waals surface area contributed by atoms with Gasteiger partial charge in [0, 0.05) is 37.4 Å². The summed E-state index contributed by atoms with van der Waals surface area (Å²) in [7, 11) is 0. The SMILES string of the molecule is CCn1ccc2ccc(NC(=O)NCCc3ccncc3)cc21. The lowest BCUT2D eigenvalue weighted by Crippen LogP contribution is -2.30. The molecule has 0 fully saturated rings. The predicted molar refractivity (Wildman–Crippen MR) is 92.6 cm³/mol. The number of pyridine rings is 1. The zero-order chi connectivity index (χ0) is 16.1. The summed E-state index contributed by atoms with van der Waals surface area (Å²) in [5.74, 6) is 0. The van der Waals surface area contributed by atoms with Crippen LogP contribution in [0.25, 0.3) is 10.9 Å². The van der Waals surface area contributed by atoms with Crippen molar-refractivity contribution < 1.29 is 4.79 Å². The number of amides is 2. The normalized spacial score (nSPS) is 10.7. The molecule has 3 aromatic rings. The standard InChI is InChI=1S/C18H20N4O/c1-2-22-12-8-15-3-4-16(13-17(15)22)21-18(23)20-11-7-14-5-9-19-10-6-14/h3-6,8-10,12-13H,2,7,11H2,1H3,(H2,20,21,23). The van der Waals surface area contributed by atoms with Crippen molar-refractivity contribution in [2.24, 2.45) is 0 Å². The number of nitrogens with zero attached hydrogens (tertiary/aromatic N) is 2. The second-order valence-electron chi connectivity index (χ2n) is 5.36. The van der Waals surface area contributed by atoms with E-state index in [0.29, 0.717) is 6.54 Å². The molecule has 2 amide bonds. The van der Waals surface area contributed by atoms with E-state index in [0.717, 1.165) is 29.7 Å². The molecule has 0 saturated carbocycles. The van der Waals surface area contributed by atoms with Gasteiger partial charge in [-0.05, 0) is 54.6 Å². The summed E-state index contributed by atoms with van der Waals surface area (Å²) in [6, 6.07) is 11.7. The Labute approximate surface area is 135 Å². The number of hydrogen-bond donors (Lipinski definition) is 2. The van der Waals surface area contributed by atoms with E-state index in [9.17, 15) is 4.79 Å². The maximum absolute atomic E-state index is 12.0. The van der Waals surface area contributed by atoms with Crippen molar-refractivity contribution in [3.05, 3.63) is 60.6 Å². The number of aryl methyl sites for hydroxylation is 1. The minimum atomic E-state index is -0.187. The van der Waals surface area contributed by atoms with Gasteiger partial charge in [-0.15, -0.1) is 0 Å². The van der Waals surface area contributed by atoms with Gasteiger partial charge < -0.3 is 15.2 Å². The molecular formula is C18H20N4O. The van der Waals surface area contributed by atoms with E-state index in [4.69, 9.17) is 0 Å². The minimum Gasteiger partial charge on any atom is -0.348 e. The largest absolute Gasteiger partial charge is 0.348 e. The van der Waals surface area contributed by atoms with Crippen molar-refractivity contribution in [3.63, 3.8) is 0 Å². The Balaban J connectivity index is 1.57. The number of urea groups is 1. The molecule has 118 valence electrons. The number of hydrogen-bond acceptors (Lipinski definition) is 2. The molecule has 0 spiro atoms. The number of carbonyl (C=O) groups is 1. The van der Waals surface area contributed by atoms with Crippen molar-refractivity contribution >= 4 is 22.6 Å². The van der Waals surface area contributed by atoms with Gasteiger partial charge in [0.05, 0.1) is 5.52 Å². The van der Waals surface area contributed by atoms with E-state index in [-0.39, 0.29) is 6.03 Å². The van der Waals surface area contributed by atoms with E-state index in [2.05, 4.69) is 39.4 Å². The van der Waals surface area contributed by atoms with Gasteiger partial charge in [0.15, 0.2) is 0 Å². The average Bonchev–Trinajstić information content (AvgIpc) is 2.98. The molecule has 3 rings (SSSR count). The van der Waals surface area contributed by atoms with Crippen LogP contribution in [-0.2, 0) is 13.0 Å². The molecule has 5 nitrogen and oxygen atoms in total. The minimum absolute atomic E-state index is 0.187. The van der Waals surface area contributed by atoms with Gasteiger partial charge >= 0.3 is 6.03 Å². The summed E-state index contributed by atoms with van der Waals surface area (Å²) in [5, 5.41) is 6.93. The molecule has 0 bridgehead atoms. The Morgan fingerprint density at radius 1 is 1.17 bits per heavy atom. The molecule has 2 aromatic heterocycles. The first kappa shape index (κ1) is 15.1. The Hall–Kier alpha value is -2.82. The lowest BCUT2D eigenvalue weighted by molar-refractivity contribution is 0.252. The molecule has 5 heteroatoms. The molecular weight excluding hydrogens is 288 g/mol. The smallest absolute Gasteiger partial charge is 0.319 e. The van der Waals surface area contributed by atoms with Crippen LogP contribution in [0.15, 0.2) is 55.0 Å². The number of fused-ring (bicyclic) bond motifs is 1. The molecule has 0 aliphatic heterocycles.